The lowest BCUT2D eigenvalue weighted by Crippen LogP contribution is -2.62. The zero-order valence-corrected chi connectivity index (χ0v) is 19.5. The number of para-hydroxylation sites is 2. The number of carbonyl (C=O) groups excluding carboxylic acids is 2. The first-order valence-corrected chi connectivity index (χ1v) is 11.2. The van der Waals surface area contributed by atoms with Crippen molar-refractivity contribution in [2.75, 3.05) is 20.3 Å². The number of hydrogen-bond donors (Lipinski definition) is 2. The van der Waals surface area contributed by atoms with E-state index in [2.05, 4.69) is 38.3 Å². The maximum atomic E-state index is 12.8. The largest absolute Gasteiger partial charge is 0.493 e. The predicted molar refractivity (Wildman–Crippen MR) is 120 cm³/mol. The molecule has 2 N–H and O–H groups in total. The van der Waals surface area contributed by atoms with Crippen LogP contribution < -0.4 is 20.1 Å². The summed E-state index contributed by atoms with van der Waals surface area (Å²) < 4.78 is 11.0. The van der Waals surface area contributed by atoms with Crippen molar-refractivity contribution in [3.05, 3.63) is 24.3 Å². The van der Waals surface area contributed by atoms with Gasteiger partial charge in [-0.15, -0.1) is 0 Å². The van der Waals surface area contributed by atoms with Gasteiger partial charge in [0.2, 0.25) is 5.91 Å². The molecule has 31 heavy (non-hydrogen) atoms. The molecule has 0 atom stereocenters. The van der Waals surface area contributed by atoms with Crippen molar-refractivity contribution in [2.45, 2.75) is 83.0 Å². The van der Waals surface area contributed by atoms with Gasteiger partial charge in [-0.05, 0) is 65.5 Å². The van der Waals surface area contributed by atoms with Crippen LogP contribution in [-0.4, -0.2) is 60.1 Å². The van der Waals surface area contributed by atoms with Gasteiger partial charge < -0.3 is 25.0 Å². The molecule has 0 radical (unpaired) electrons. The normalized spacial score (nSPS) is 20.0. The maximum Gasteiger partial charge on any atom is 0.260 e. The van der Waals surface area contributed by atoms with Crippen LogP contribution in [0.15, 0.2) is 24.3 Å². The molecule has 1 heterocycles. The molecular weight excluding hydrogens is 394 g/mol. The summed E-state index contributed by atoms with van der Waals surface area (Å²) in [5, 5.41) is 6.82. The van der Waals surface area contributed by atoms with Gasteiger partial charge in [0, 0.05) is 36.1 Å². The first kappa shape index (κ1) is 23.4. The first-order valence-electron chi connectivity index (χ1n) is 11.2. The van der Waals surface area contributed by atoms with Crippen LogP contribution in [-0.2, 0) is 9.59 Å². The van der Waals surface area contributed by atoms with Crippen LogP contribution in [0.3, 0.4) is 0 Å². The highest BCUT2D eigenvalue weighted by Gasteiger charge is 2.38. The molecular formula is C24H37N3O4. The molecule has 3 rings (SSSR count). The molecule has 2 fully saturated rings. The number of carbonyl (C=O) groups is 2. The van der Waals surface area contributed by atoms with E-state index in [4.69, 9.17) is 9.47 Å². The highest BCUT2D eigenvalue weighted by Crippen LogP contribution is 2.30. The quantitative estimate of drug-likeness (QED) is 0.629. The molecule has 1 saturated heterocycles. The molecule has 7 heteroatoms. The number of rotatable bonds is 9. The highest BCUT2D eigenvalue weighted by molar-refractivity contribution is 5.80. The number of amides is 2. The number of hydrogen-bond acceptors (Lipinski definition) is 5. The lowest BCUT2D eigenvalue weighted by Gasteiger charge is -2.46. The van der Waals surface area contributed by atoms with E-state index in [1.54, 1.807) is 24.1 Å². The zero-order chi connectivity index (χ0) is 22.6. The Hall–Kier alpha value is -2.28. The minimum absolute atomic E-state index is 0.00240. The van der Waals surface area contributed by atoms with E-state index in [1.165, 1.54) is 0 Å². The van der Waals surface area contributed by atoms with Crippen molar-refractivity contribution in [3.8, 4) is 11.5 Å². The van der Waals surface area contributed by atoms with E-state index in [9.17, 15) is 9.59 Å². The van der Waals surface area contributed by atoms with Gasteiger partial charge in [-0.25, -0.2) is 0 Å². The Labute approximate surface area is 185 Å². The second-order valence-electron chi connectivity index (χ2n) is 10.1. The summed E-state index contributed by atoms with van der Waals surface area (Å²) in [6.45, 7) is 9.03. The highest BCUT2D eigenvalue weighted by atomic mass is 16.5. The van der Waals surface area contributed by atoms with Crippen molar-refractivity contribution >= 4 is 11.8 Å². The predicted octanol–water partition coefficient (Wildman–Crippen LogP) is 2.88. The smallest absolute Gasteiger partial charge is 0.260 e. The van der Waals surface area contributed by atoms with Gasteiger partial charge in [-0.3, -0.25) is 9.59 Å². The topological polar surface area (TPSA) is 79.9 Å². The third-order valence-corrected chi connectivity index (χ3v) is 5.86. The van der Waals surface area contributed by atoms with Gasteiger partial charge in [0.1, 0.15) is 0 Å². The number of ether oxygens (including phenoxy) is 2. The van der Waals surface area contributed by atoms with Crippen LogP contribution in [0, 0.1) is 0 Å². The van der Waals surface area contributed by atoms with Crippen molar-refractivity contribution < 1.29 is 19.1 Å². The molecule has 1 saturated carbocycles. The monoisotopic (exact) mass is 431 g/mol. The number of nitrogens with zero attached hydrogens (tertiary/aromatic N) is 1. The number of piperidine rings is 1. The molecule has 1 aromatic carbocycles. The van der Waals surface area contributed by atoms with Crippen LogP contribution in [0.4, 0.5) is 0 Å². The molecule has 2 amide bonds. The minimum atomic E-state index is -0.0923. The molecule has 2 aliphatic rings. The number of benzene rings is 1. The van der Waals surface area contributed by atoms with Gasteiger partial charge in [0.15, 0.2) is 18.1 Å². The Morgan fingerprint density at radius 2 is 1.71 bits per heavy atom. The molecule has 7 nitrogen and oxygen atoms in total. The summed E-state index contributed by atoms with van der Waals surface area (Å²) in [4.78, 5) is 27.2. The second-order valence-corrected chi connectivity index (χ2v) is 10.1. The summed E-state index contributed by atoms with van der Waals surface area (Å²) in [7, 11) is 1.57. The third kappa shape index (κ3) is 6.86. The standard InChI is InChI=1S/C24H37N3O4/c1-23(2)14-17(15-24(3,4)26-23)25-21(28)12-13-27(18-10-11-18)22(29)16-31-20-9-7-6-8-19(20)30-5/h6-9,17-18,26H,10-16H2,1-5H3,(H,25,28). The van der Waals surface area contributed by atoms with E-state index >= 15 is 0 Å². The van der Waals surface area contributed by atoms with Gasteiger partial charge in [-0.1, -0.05) is 12.1 Å². The number of nitrogens with one attached hydrogen (secondary N) is 2. The van der Waals surface area contributed by atoms with Crippen LogP contribution in [0.1, 0.15) is 59.8 Å². The fourth-order valence-electron chi connectivity index (χ4n) is 4.80. The maximum absolute atomic E-state index is 12.8. The zero-order valence-electron chi connectivity index (χ0n) is 19.5. The lowest BCUT2D eigenvalue weighted by molar-refractivity contribution is -0.134. The summed E-state index contributed by atoms with van der Waals surface area (Å²) >= 11 is 0. The molecule has 1 aliphatic carbocycles. The summed E-state index contributed by atoms with van der Waals surface area (Å²) in [5.74, 6) is 1.05. The van der Waals surface area contributed by atoms with E-state index in [1.807, 2.05) is 12.1 Å². The lowest BCUT2D eigenvalue weighted by atomic mass is 9.79. The molecule has 0 aromatic heterocycles. The minimum Gasteiger partial charge on any atom is -0.493 e. The summed E-state index contributed by atoms with van der Waals surface area (Å²) in [5.41, 5.74) is -0.0446. The van der Waals surface area contributed by atoms with Crippen molar-refractivity contribution in [2.24, 2.45) is 0 Å². The van der Waals surface area contributed by atoms with Crippen LogP contribution >= 0.6 is 0 Å². The molecule has 172 valence electrons. The average molecular weight is 432 g/mol. The van der Waals surface area contributed by atoms with E-state index in [0.29, 0.717) is 24.5 Å². The Balaban J connectivity index is 1.50. The van der Waals surface area contributed by atoms with Gasteiger partial charge in [-0.2, -0.15) is 0 Å². The second kappa shape index (κ2) is 9.47. The van der Waals surface area contributed by atoms with E-state index < -0.39 is 0 Å². The Kier molecular flexibility index (Phi) is 7.14. The fraction of sp³-hybridized carbons (Fsp3) is 0.667. The van der Waals surface area contributed by atoms with E-state index in [0.717, 1.165) is 25.7 Å². The van der Waals surface area contributed by atoms with Gasteiger partial charge in [0.25, 0.3) is 5.91 Å². The van der Waals surface area contributed by atoms with Crippen molar-refractivity contribution in [3.63, 3.8) is 0 Å². The Bertz CT molecular complexity index is 773. The van der Waals surface area contributed by atoms with Crippen molar-refractivity contribution in [1.82, 2.24) is 15.5 Å². The van der Waals surface area contributed by atoms with Crippen molar-refractivity contribution in [1.29, 1.82) is 0 Å². The van der Waals surface area contributed by atoms with Crippen LogP contribution in [0.25, 0.3) is 0 Å². The SMILES string of the molecule is COc1ccccc1OCC(=O)N(CCC(=O)NC1CC(C)(C)NC(C)(C)C1)C1CC1. The Morgan fingerprint density at radius 3 is 2.29 bits per heavy atom. The third-order valence-electron chi connectivity index (χ3n) is 5.86. The Morgan fingerprint density at radius 1 is 1.10 bits per heavy atom. The molecule has 0 spiro atoms. The molecule has 1 aromatic rings. The van der Waals surface area contributed by atoms with Gasteiger partial charge >= 0.3 is 0 Å². The number of methoxy groups -OCH3 is 1. The summed E-state index contributed by atoms with van der Waals surface area (Å²) in [6.07, 6.45) is 4.06. The first-order chi connectivity index (χ1) is 14.6. The summed E-state index contributed by atoms with van der Waals surface area (Å²) in [6, 6.07) is 7.63. The fourth-order valence-corrected chi connectivity index (χ4v) is 4.80. The van der Waals surface area contributed by atoms with Crippen LogP contribution in [0.2, 0.25) is 0 Å². The molecule has 0 bridgehead atoms. The molecule has 1 aliphatic heterocycles. The molecule has 0 unspecified atom stereocenters. The van der Waals surface area contributed by atoms with Gasteiger partial charge in [0.05, 0.1) is 7.11 Å². The average Bonchev–Trinajstić information content (AvgIpc) is 3.49. The van der Waals surface area contributed by atoms with E-state index in [-0.39, 0.29) is 41.6 Å². The van der Waals surface area contributed by atoms with Crippen LogP contribution in [0.5, 0.6) is 11.5 Å².